The summed E-state index contributed by atoms with van der Waals surface area (Å²) in [7, 11) is 0. The molecule has 0 saturated heterocycles. The molecule has 1 aliphatic rings. The third-order valence-corrected chi connectivity index (χ3v) is 5.52. The first-order valence-corrected chi connectivity index (χ1v) is 10.9. The number of fused-ring (bicyclic) bond motifs is 1. The van der Waals surface area contributed by atoms with E-state index in [1.807, 2.05) is 18.2 Å². The van der Waals surface area contributed by atoms with Gasteiger partial charge in [-0.15, -0.1) is 0 Å². The van der Waals surface area contributed by atoms with Crippen molar-refractivity contribution in [3.8, 4) is 11.5 Å². The third-order valence-electron chi connectivity index (χ3n) is 5.52. The fourth-order valence-electron chi connectivity index (χ4n) is 3.96. The highest BCUT2D eigenvalue weighted by atomic mass is 19.4. The van der Waals surface area contributed by atoms with Gasteiger partial charge in [-0.25, -0.2) is 4.98 Å². The SMILES string of the molecule is O=C(O)C[C@@H]1c2ccc(C(F)(F)F)nc2NCCN1C(=O)Cc1cccc(Oc2ccccc2)c1. The van der Waals surface area contributed by atoms with Crippen molar-refractivity contribution in [2.45, 2.75) is 25.1 Å². The molecular formula is C25H22F3N3O4. The fourth-order valence-corrected chi connectivity index (χ4v) is 3.96. The average molecular weight is 485 g/mol. The van der Waals surface area contributed by atoms with Crippen molar-refractivity contribution in [2.75, 3.05) is 18.4 Å². The van der Waals surface area contributed by atoms with Crippen molar-refractivity contribution in [3.63, 3.8) is 0 Å². The molecule has 0 saturated carbocycles. The van der Waals surface area contributed by atoms with Crippen LogP contribution >= 0.6 is 0 Å². The molecule has 1 amide bonds. The van der Waals surface area contributed by atoms with Gasteiger partial charge < -0.3 is 20.1 Å². The van der Waals surface area contributed by atoms with Crippen LogP contribution in [-0.4, -0.2) is 40.0 Å². The van der Waals surface area contributed by atoms with E-state index < -0.39 is 30.3 Å². The van der Waals surface area contributed by atoms with E-state index in [9.17, 15) is 27.9 Å². The van der Waals surface area contributed by atoms with Crippen molar-refractivity contribution in [2.24, 2.45) is 0 Å². The van der Waals surface area contributed by atoms with E-state index in [1.165, 1.54) is 11.0 Å². The standard InChI is InChI=1S/C25H22F3N3O4/c26-25(27,28)21-10-9-19-20(15-23(33)34)31(12-11-29-24(19)30-21)22(32)14-16-5-4-8-18(13-16)35-17-6-2-1-3-7-17/h1-10,13,20H,11-12,14-15H2,(H,29,30)(H,33,34)/t20-/m1/s1. The molecule has 4 rings (SSSR count). The summed E-state index contributed by atoms with van der Waals surface area (Å²) >= 11 is 0. The molecule has 1 aromatic heterocycles. The molecule has 1 atom stereocenters. The van der Waals surface area contributed by atoms with E-state index in [2.05, 4.69) is 10.3 Å². The third kappa shape index (κ3) is 5.89. The molecule has 7 nitrogen and oxygen atoms in total. The Balaban J connectivity index is 1.58. The highest BCUT2D eigenvalue weighted by molar-refractivity contribution is 5.81. The van der Waals surface area contributed by atoms with Crippen LogP contribution in [0.4, 0.5) is 19.0 Å². The lowest BCUT2D eigenvalue weighted by atomic mass is 10.0. The lowest BCUT2D eigenvalue weighted by molar-refractivity contribution is -0.142. The molecule has 182 valence electrons. The maximum absolute atomic E-state index is 13.3. The number of pyridine rings is 1. The summed E-state index contributed by atoms with van der Waals surface area (Å²) < 4.78 is 45.2. The number of carbonyl (C=O) groups is 2. The number of nitrogens with zero attached hydrogens (tertiary/aromatic N) is 2. The Morgan fingerprint density at radius 3 is 2.51 bits per heavy atom. The van der Waals surface area contributed by atoms with Gasteiger partial charge in [0.25, 0.3) is 0 Å². The molecule has 0 aliphatic carbocycles. The van der Waals surface area contributed by atoms with Gasteiger partial charge in [-0.1, -0.05) is 36.4 Å². The van der Waals surface area contributed by atoms with Gasteiger partial charge in [-0.3, -0.25) is 9.59 Å². The lowest BCUT2D eigenvalue weighted by Crippen LogP contribution is -2.38. The minimum Gasteiger partial charge on any atom is -0.481 e. The zero-order chi connectivity index (χ0) is 25.0. The van der Waals surface area contributed by atoms with E-state index in [4.69, 9.17) is 4.74 Å². The highest BCUT2D eigenvalue weighted by Gasteiger charge is 2.36. The number of alkyl halides is 3. The van der Waals surface area contributed by atoms with Crippen LogP contribution in [0.3, 0.4) is 0 Å². The quantitative estimate of drug-likeness (QED) is 0.516. The number of hydrogen-bond donors (Lipinski definition) is 2. The number of para-hydroxylation sites is 1. The summed E-state index contributed by atoms with van der Waals surface area (Å²) in [5.74, 6) is -0.435. The maximum Gasteiger partial charge on any atom is 0.433 e. The fraction of sp³-hybridized carbons (Fsp3) is 0.240. The van der Waals surface area contributed by atoms with Gasteiger partial charge >= 0.3 is 12.1 Å². The van der Waals surface area contributed by atoms with Crippen LogP contribution in [-0.2, 0) is 22.2 Å². The summed E-state index contributed by atoms with van der Waals surface area (Å²) in [6, 6.07) is 17.1. The predicted octanol–water partition coefficient (Wildman–Crippen LogP) is 4.91. The topological polar surface area (TPSA) is 91.8 Å². The molecule has 0 spiro atoms. The Morgan fingerprint density at radius 2 is 1.80 bits per heavy atom. The molecule has 3 aromatic rings. The molecule has 0 fully saturated rings. The Morgan fingerprint density at radius 1 is 1.06 bits per heavy atom. The summed E-state index contributed by atoms with van der Waals surface area (Å²) in [5, 5.41) is 12.3. The van der Waals surface area contributed by atoms with Crippen molar-refractivity contribution in [1.82, 2.24) is 9.88 Å². The lowest BCUT2D eigenvalue weighted by Gasteiger charge is -2.29. The minimum atomic E-state index is -4.65. The molecular weight excluding hydrogens is 463 g/mol. The van der Waals surface area contributed by atoms with Gasteiger partial charge in [0.1, 0.15) is 23.0 Å². The second-order valence-corrected chi connectivity index (χ2v) is 8.00. The number of ether oxygens (including phenoxy) is 1. The molecule has 0 bridgehead atoms. The number of carbonyl (C=O) groups excluding carboxylic acids is 1. The van der Waals surface area contributed by atoms with Crippen molar-refractivity contribution in [3.05, 3.63) is 83.6 Å². The van der Waals surface area contributed by atoms with Gasteiger partial charge in [0.2, 0.25) is 5.91 Å². The molecule has 2 heterocycles. The summed E-state index contributed by atoms with van der Waals surface area (Å²) in [6.07, 6.45) is -5.15. The van der Waals surface area contributed by atoms with Crippen LogP contribution in [0.25, 0.3) is 0 Å². The number of aromatic nitrogens is 1. The Hall–Kier alpha value is -4.08. The molecule has 2 aromatic carbocycles. The first kappa shape index (κ1) is 24.1. The van der Waals surface area contributed by atoms with Crippen LogP contribution in [0.5, 0.6) is 11.5 Å². The number of nitrogens with one attached hydrogen (secondary N) is 1. The summed E-state index contributed by atoms with van der Waals surface area (Å²) in [4.78, 5) is 29.9. The summed E-state index contributed by atoms with van der Waals surface area (Å²) in [6.45, 7) is 0.231. The number of rotatable bonds is 6. The predicted molar refractivity (Wildman–Crippen MR) is 121 cm³/mol. The molecule has 1 aliphatic heterocycles. The Labute approximate surface area is 199 Å². The zero-order valence-corrected chi connectivity index (χ0v) is 18.5. The Kier molecular flexibility index (Phi) is 6.90. The van der Waals surface area contributed by atoms with Gasteiger partial charge in [0.05, 0.1) is 18.9 Å². The first-order chi connectivity index (χ1) is 16.7. The maximum atomic E-state index is 13.3. The number of hydrogen-bond acceptors (Lipinski definition) is 5. The number of benzene rings is 2. The first-order valence-electron chi connectivity index (χ1n) is 10.9. The smallest absolute Gasteiger partial charge is 0.433 e. The molecule has 0 radical (unpaired) electrons. The Bertz CT molecular complexity index is 1220. The highest BCUT2D eigenvalue weighted by Crippen LogP contribution is 2.36. The van der Waals surface area contributed by atoms with Gasteiger partial charge in [-0.05, 0) is 35.9 Å². The van der Waals surface area contributed by atoms with Gasteiger partial charge in [0.15, 0.2) is 0 Å². The number of anilines is 1. The van der Waals surface area contributed by atoms with E-state index in [0.717, 1.165) is 6.07 Å². The summed E-state index contributed by atoms with van der Waals surface area (Å²) in [5.41, 5.74) is -0.208. The number of carboxylic acid groups (broad SMARTS) is 1. The van der Waals surface area contributed by atoms with Crippen molar-refractivity contribution < 1.29 is 32.6 Å². The molecule has 0 unspecified atom stereocenters. The van der Waals surface area contributed by atoms with Crippen LogP contribution in [0, 0.1) is 0 Å². The number of halogens is 3. The zero-order valence-electron chi connectivity index (χ0n) is 18.5. The second-order valence-electron chi connectivity index (χ2n) is 8.00. The second kappa shape index (κ2) is 10.0. The monoisotopic (exact) mass is 485 g/mol. The van der Waals surface area contributed by atoms with E-state index in [0.29, 0.717) is 17.1 Å². The molecule has 35 heavy (non-hydrogen) atoms. The number of amides is 1. The van der Waals surface area contributed by atoms with Crippen LogP contribution < -0.4 is 10.1 Å². The number of aliphatic carboxylic acids is 1. The van der Waals surface area contributed by atoms with Crippen molar-refractivity contribution in [1.29, 1.82) is 0 Å². The van der Waals surface area contributed by atoms with Crippen molar-refractivity contribution >= 4 is 17.7 Å². The van der Waals surface area contributed by atoms with E-state index in [-0.39, 0.29) is 36.8 Å². The molecule has 2 N–H and O–H groups in total. The van der Waals surface area contributed by atoms with Gasteiger partial charge in [-0.2, -0.15) is 13.2 Å². The minimum absolute atomic E-state index is 0.0362. The normalized spacial score (nSPS) is 15.5. The number of carboxylic acids is 1. The van der Waals surface area contributed by atoms with Gasteiger partial charge in [0, 0.05) is 18.7 Å². The van der Waals surface area contributed by atoms with Crippen LogP contribution in [0.1, 0.15) is 29.3 Å². The average Bonchev–Trinajstić information content (AvgIpc) is 2.98. The van der Waals surface area contributed by atoms with E-state index in [1.54, 1.807) is 36.4 Å². The van der Waals surface area contributed by atoms with Crippen LogP contribution in [0.2, 0.25) is 0 Å². The van der Waals surface area contributed by atoms with Crippen LogP contribution in [0.15, 0.2) is 66.7 Å². The molecule has 10 heteroatoms. The largest absolute Gasteiger partial charge is 0.481 e. The van der Waals surface area contributed by atoms with E-state index >= 15 is 0 Å².